The van der Waals surface area contributed by atoms with Gasteiger partial charge in [-0.1, -0.05) is 6.07 Å². The number of thiophene rings is 1. The smallest absolute Gasteiger partial charge is 0.232 e. The molecule has 4 rings (SSSR count). The van der Waals surface area contributed by atoms with E-state index in [0.29, 0.717) is 18.3 Å². The van der Waals surface area contributed by atoms with Crippen molar-refractivity contribution in [3.63, 3.8) is 0 Å². The Hall–Kier alpha value is -2.82. The molecule has 1 aliphatic heterocycles. The van der Waals surface area contributed by atoms with Crippen LogP contribution in [0.1, 0.15) is 29.5 Å². The van der Waals surface area contributed by atoms with E-state index in [1.165, 1.54) is 17.7 Å². The van der Waals surface area contributed by atoms with Gasteiger partial charge in [-0.2, -0.15) is 10.2 Å². The summed E-state index contributed by atoms with van der Waals surface area (Å²) in [7, 11) is 1.63. The molecule has 0 radical (unpaired) electrons. The lowest BCUT2D eigenvalue weighted by atomic mass is 10.2. The summed E-state index contributed by atoms with van der Waals surface area (Å²) >= 11 is 1.76. The Balaban J connectivity index is 1.53. The fourth-order valence-corrected chi connectivity index (χ4v) is 4.37. The molecule has 3 aromatic rings. The number of ether oxygens (including phenoxy) is 1. The lowest BCUT2D eigenvalue weighted by molar-refractivity contribution is 0.258. The molecule has 28 heavy (non-hydrogen) atoms. The third kappa shape index (κ3) is 3.88. The predicted molar refractivity (Wildman–Crippen MR) is 110 cm³/mol. The van der Waals surface area contributed by atoms with Crippen molar-refractivity contribution < 1.29 is 9.15 Å². The predicted octanol–water partition coefficient (Wildman–Crippen LogP) is 4.53. The molecule has 0 aliphatic carbocycles. The van der Waals surface area contributed by atoms with E-state index in [2.05, 4.69) is 38.8 Å². The number of nitrogens with one attached hydrogen (secondary N) is 1. The first kappa shape index (κ1) is 18.5. The Kier molecular flexibility index (Phi) is 5.60. The zero-order valence-electron chi connectivity index (χ0n) is 15.7. The van der Waals surface area contributed by atoms with E-state index >= 15 is 0 Å². The minimum atomic E-state index is 0.267. The Morgan fingerprint density at radius 2 is 2.07 bits per heavy atom. The van der Waals surface area contributed by atoms with Gasteiger partial charge in [0.25, 0.3) is 0 Å². The first-order valence-electron chi connectivity index (χ1n) is 9.35. The Bertz CT molecular complexity index is 938. The van der Waals surface area contributed by atoms with Gasteiger partial charge >= 0.3 is 0 Å². The summed E-state index contributed by atoms with van der Waals surface area (Å²) in [4.78, 5) is 8.16. The number of hydrogen-bond acceptors (Lipinski definition) is 7. The van der Waals surface area contributed by atoms with Crippen LogP contribution in [0.5, 0.6) is 5.75 Å². The van der Waals surface area contributed by atoms with Gasteiger partial charge in [0.05, 0.1) is 13.2 Å². The number of methoxy groups -OCH3 is 1. The molecular formula is C21H22N4O2S. The minimum Gasteiger partial charge on any atom is -0.497 e. The van der Waals surface area contributed by atoms with Crippen LogP contribution in [0.15, 0.2) is 46.2 Å². The Morgan fingerprint density at radius 1 is 1.29 bits per heavy atom. The van der Waals surface area contributed by atoms with Crippen molar-refractivity contribution >= 4 is 17.2 Å². The largest absolute Gasteiger partial charge is 0.497 e. The molecule has 1 N–H and O–H groups in total. The molecule has 144 valence electrons. The van der Waals surface area contributed by atoms with Crippen LogP contribution in [0.25, 0.3) is 11.5 Å². The highest BCUT2D eigenvalue weighted by atomic mass is 32.1. The van der Waals surface area contributed by atoms with Crippen molar-refractivity contribution in [3.05, 3.63) is 52.3 Å². The molecule has 0 bridgehead atoms. The summed E-state index contributed by atoms with van der Waals surface area (Å²) in [6.07, 6.45) is 2.46. The van der Waals surface area contributed by atoms with Gasteiger partial charge in [-0.25, -0.2) is 0 Å². The molecule has 3 heterocycles. The Labute approximate surface area is 168 Å². The number of nitrogens with zero attached hydrogens (tertiary/aromatic N) is 3. The topological polar surface area (TPSA) is 74.3 Å². The molecule has 2 aromatic heterocycles. The van der Waals surface area contributed by atoms with Gasteiger partial charge in [-0.05, 0) is 61.6 Å². The number of aromatic nitrogens is 1. The highest BCUT2D eigenvalue weighted by molar-refractivity contribution is 7.10. The van der Waals surface area contributed by atoms with E-state index in [0.717, 1.165) is 24.4 Å². The minimum absolute atomic E-state index is 0.267. The summed E-state index contributed by atoms with van der Waals surface area (Å²) in [5, 5.41) is 14.9. The molecule has 1 aliphatic rings. The first-order chi connectivity index (χ1) is 13.8. The number of nitriles is 1. The molecule has 0 saturated carbocycles. The summed E-state index contributed by atoms with van der Waals surface area (Å²) in [5.41, 5.74) is 1.08. The quantitative estimate of drug-likeness (QED) is 0.634. The molecule has 0 amide bonds. The molecule has 7 heteroatoms. The fraction of sp³-hybridized carbons (Fsp3) is 0.333. The van der Waals surface area contributed by atoms with Crippen molar-refractivity contribution in [3.8, 4) is 23.3 Å². The van der Waals surface area contributed by atoms with Gasteiger partial charge in [0, 0.05) is 17.0 Å². The highest BCUT2D eigenvalue weighted by Crippen LogP contribution is 2.31. The second-order valence-electron chi connectivity index (χ2n) is 6.69. The van der Waals surface area contributed by atoms with Gasteiger partial charge < -0.3 is 14.5 Å². The number of benzene rings is 1. The molecule has 1 fully saturated rings. The lowest BCUT2D eigenvalue weighted by Gasteiger charge is -2.26. The standard InChI is InChI=1S/C21H22N4O2S/c1-26-16-8-6-15(7-9-16)20-24-17(13-22)21(27-20)23-14-18(19-5-4-12-28-19)25-10-2-3-11-25/h4-9,12,18,23H,2-3,10-11,14H2,1H3/t18-/m1/s1. The summed E-state index contributed by atoms with van der Waals surface area (Å²) in [6, 6.07) is 14.1. The summed E-state index contributed by atoms with van der Waals surface area (Å²) < 4.78 is 11.1. The Morgan fingerprint density at radius 3 is 2.71 bits per heavy atom. The van der Waals surface area contributed by atoms with Gasteiger partial charge in [0.15, 0.2) is 0 Å². The zero-order valence-corrected chi connectivity index (χ0v) is 16.5. The number of rotatable bonds is 7. The van der Waals surface area contributed by atoms with Crippen LogP contribution in [0, 0.1) is 11.3 Å². The van der Waals surface area contributed by atoms with Crippen LogP contribution < -0.4 is 10.1 Å². The van der Waals surface area contributed by atoms with E-state index in [1.54, 1.807) is 18.4 Å². The second-order valence-corrected chi connectivity index (χ2v) is 7.67. The van der Waals surface area contributed by atoms with Crippen LogP contribution in [-0.2, 0) is 0 Å². The van der Waals surface area contributed by atoms with E-state index in [-0.39, 0.29) is 11.7 Å². The van der Waals surface area contributed by atoms with E-state index in [9.17, 15) is 5.26 Å². The lowest BCUT2D eigenvalue weighted by Crippen LogP contribution is -2.30. The fourth-order valence-electron chi connectivity index (χ4n) is 3.51. The maximum Gasteiger partial charge on any atom is 0.232 e. The third-order valence-electron chi connectivity index (χ3n) is 4.98. The van der Waals surface area contributed by atoms with Crippen LogP contribution in [0.3, 0.4) is 0 Å². The van der Waals surface area contributed by atoms with Gasteiger partial charge in [0.2, 0.25) is 17.5 Å². The van der Waals surface area contributed by atoms with Crippen LogP contribution in [-0.4, -0.2) is 36.6 Å². The molecule has 0 spiro atoms. The molecular weight excluding hydrogens is 372 g/mol. The highest BCUT2D eigenvalue weighted by Gasteiger charge is 2.25. The SMILES string of the molecule is COc1ccc(-c2nc(C#N)c(NC[C@H](c3cccs3)N3CCCC3)o2)cc1. The van der Waals surface area contributed by atoms with E-state index < -0.39 is 0 Å². The molecule has 1 atom stereocenters. The molecule has 6 nitrogen and oxygen atoms in total. The third-order valence-corrected chi connectivity index (χ3v) is 5.95. The number of anilines is 1. The van der Waals surface area contributed by atoms with Gasteiger partial charge in [0.1, 0.15) is 11.8 Å². The maximum atomic E-state index is 9.48. The van der Waals surface area contributed by atoms with Crippen LogP contribution in [0.4, 0.5) is 5.88 Å². The van der Waals surface area contributed by atoms with Crippen LogP contribution >= 0.6 is 11.3 Å². The average molecular weight is 395 g/mol. The second kappa shape index (κ2) is 8.46. The van der Waals surface area contributed by atoms with Crippen LogP contribution in [0.2, 0.25) is 0 Å². The van der Waals surface area contributed by atoms with Gasteiger partial charge in [-0.15, -0.1) is 11.3 Å². The zero-order chi connectivity index (χ0) is 19.3. The van der Waals surface area contributed by atoms with Crippen molar-refractivity contribution in [2.45, 2.75) is 18.9 Å². The number of oxazole rings is 1. The first-order valence-corrected chi connectivity index (χ1v) is 10.2. The summed E-state index contributed by atoms with van der Waals surface area (Å²) in [5.74, 6) is 1.61. The normalized spacial score (nSPS) is 15.3. The van der Waals surface area contributed by atoms with Crippen molar-refractivity contribution in [2.24, 2.45) is 0 Å². The van der Waals surface area contributed by atoms with Crippen molar-refractivity contribution in [1.82, 2.24) is 9.88 Å². The molecule has 1 aromatic carbocycles. The maximum absolute atomic E-state index is 9.48. The van der Waals surface area contributed by atoms with E-state index in [4.69, 9.17) is 9.15 Å². The summed E-state index contributed by atoms with van der Waals surface area (Å²) in [6.45, 7) is 2.87. The number of hydrogen-bond donors (Lipinski definition) is 1. The average Bonchev–Trinajstić information content (AvgIpc) is 3.50. The van der Waals surface area contributed by atoms with Gasteiger partial charge in [-0.3, -0.25) is 4.90 Å². The van der Waals surface area contributed by atoms with E-state index in [1.807, 2.05) is 24.3 Å². The molecule has 0 unspecified atom stereocenters. The molecule has 1 saturated heterocycles. The monoisotopic (exact) mass is 394 g/mol. The van der Waals surface area contributed by atoms with Crippen molar-refractivity contribution in [2.75, 3.05) is 32.1 Å². The van der Waals surface area contributed by atoms with Crippen molar-refractivity contribution in [1.29, 1.82) is 5.26 Å². The number of likely N-dealkylation sites (tertiary alicyclic amines) is 1.